The molecule has 1 aliphatic rings. The van der Waals surface area contributed by atoms with Gasteiger partial charge in [-0.2, -0.15) is 0 Å². The number of fused-ring (bicyclic) bond motifs is 1. The highest BCUT2D eigenvalue weighted by atomic mass is 32.1. The molecule has 0 unspecified atom stereocenters. The molecule has 0 spiro atoms. The third-order valence-corrected chi connectivity index (χ3v) is 6.19. The number of carbonyl (C=O) groups excluding carboxylic acids is 1. The first-order valence-electron chi connectivity index (χ1n) is 7.81. The van der Waals surface area contributed by atoms with E-state index in [1.54, 1.807) is 11.3 Å². The van der Waals surface area contributed by atoms with E-state index in [2.05, 4.69) is 40.0 Å². The summed E-state index contributed by atoms with van der Waals surface area (Å²) in [5.41, 5.74) is 1.46. The Bertz CT molecular complexity index is 606. The predicted molar refractivity (Wildman–Crippen MR) is 93.5 cm³/mol. The van der Waals surface area contributed by atoms with Crippen LogP contribution in [0.5, 0.6) is 0 Å². The Kier molecular flexibility index (Phi) is 5.28. The predicted octanol–water partition coefficient (Wildman–Crippen LogP) is 3.31. The third-order valence-electron chi connectivity index (χ3n) is 4.23. The SMILES string of the molecule is C[C@@H](CNC(=O)CCc1cccs1)N1CCc2sccc2C1. The van der Waals surface area contributed by atoms with Gasteiger partial charge in [0.2, 0.25) is 5.91 Å². The molecule has 0 radical (unpaired) electrons. The number of aryl methyl sites for hydroxylation is 1. The molecule has 0 fully saturated rings. The zero-order chi connectivity index (χ0) is 15.4. The largest absolute Gasteiger partial charge is 0.355 e. The standard InChI is InChI=1S/C17H22N2OS2/c1-13(19-8-6-16-14(12-19)7-10-22-16)11-18-17(20)5-4-15-3-2-9-21-15/h2-3,7,9-10,13H,4-6,8,11-12H2,1H3,(H,18,20)/t13-/m0/s1. The van der Waals surface area contributed by atoms with E-state index in [-0.39, 0.29) is 5.91 Å². The Labute approximate surface area is 140 Å². The van der Waals surface area contributed by atoms with Crippen molar-refractivity contribution in [1.29, 1.82) is 0 Å². The van der Waals surface area contributed by atoms with Crippen LogP contribution in [0.15, 0.2) is 29.0 Å². The van der Waals surface area contributed by atoms with Gasteiger partial charge in [-0.15, -0.1) is 22.7 Å². The maximum atomic E-state index is 12.0. The third kappa shape index (κ3) is 3.97. The van der Waals surface area contributed by atoms with Gasteiger partial charge < -0.3 is 5.32 Å². The first-order valence-corrected chi connectivity index (χ1v) is 9.56. The topological polar surface area (TPSA) is 32.3 Å². The maximum absolute atomic E-state index is 12.0. The fraction of sp³-hybridized carbons (Fsp3) is 0.471. The van der Waals surface area contributed by atoms with Gasteiger partial charge in [-0.1, -0.05) is 6.07 Å². The van der Waals surface area contributed by atoms with E-state index >= 15 is 0 Å². The smallest absolute Gasteiger partial charge is 0.220 e. The number of hydrogen-bond acceptors (Lipinski definition) is 4. The molecule has 3 heterocycles. The molecule has 0 bridgehead atoms. The lowest BCUT2D eigenvalue weighted by Gasteiger charge is -2.32. The molecule has 0 saturated carbocycles. The number of rotatable bonds is 6. The van der Waals surface area contributed by atoms with Crippen LogP contribution >= 0.6 is 22.7 Å². The molecule has 0 saturated heterocycles. The van der Waals surface area contributed by atoms with Gasteiger partial charge in [0, 0.05) is 41.9 Å². The van der Waals surface area contributed by atoms with E-state index in [4.69, 9.17) is 0 Å². The fourth-order valence-electron chi connectivity index (χ4n) is 2.82. The molecule has 2 aromatic heterocycles. The summed E-state index contributed by atoms with van der Waals surface area (Å²) in [6.07, 6.45) is 2.57. The Balaban J connectivity index is 1.40. The number of amides is 1. The molecule has 1 atom stereocenters. The molecule has 1 N–H and O–H groups in total. The average molecular weight is 335 g/mol. The van der Waals surface area contributed by atoms with Crippen molar-refractivity contribution >= 4 is 28.6 Å². The Hall–Kier alpha value is -1.17. The van der Waals surface area contributed by atoms with Crippen LogP contribution in [0.3, 0.4) is 0 Å². The van der Waals surface area contributed by atoms with Crippen molar-refractivity contribution in [1.82, 2.24) is 10.2 Å². The minimum absolute atomic E-state index is 0.161. The van der Waals surface area contributed by atoms with Crippen LogP contribution in [0.4, 0.5) is 0 Å². The van der Waals surface area contributed by atoms with Crippen molar-refractivity contribution in [2.24, 2.45) is 0 Å². The minimum atomic E-state index is 0.161. The van der Waals surface area contributed by atoms with Crippen molar-refractivity contribution in [2.75, 3.05) is 13.1 Å². The Morgan fingerprint density at radius 2 is 2.27 bits per heavy atom. The Morgan fingerprint density at radius 3 is 3.09 bits per heavy atom. The number of hydrogen-bond donors (Lipinski definition) is 1. The summed E-state index contributed by atoms with van der Waals surface area (Å²) in [6, 6.07) is 6.75. The summed E-state index contributed by atoms with van der Waals surface area (Å²) in [5.74, 6) is 0.161. The first kappa shape index (κ1) is 15.7. The van der Waals surface area contributed by atoms with Crippen LogP contribution in [0.2, 0.25) is 0 Å². The monoisotopic (exact) mass is 334 g/mol. The number of carbonyl (C=O) groups is 1. The first-order chi connectivity index (χ1) is 10.7. The minimum Gasteiger partial charge on any atom is -0.355 e. The quantitative estimate of drug-likeness (QED) is 0.879. The molecule has 22 heavy (non-hydrogen) atoms. The van der Waals surface area contributed by atoms with Gasteiger partial charge in [0.25, 0.3) is 0 Å². The van der Waals surface area contributed by atoms with Crippen LogP contribution in [0.25, 0.3) is 0 Å². The summed E-state index contributed by atoms with van der Waals surface area (Å²) in [6.45, 7) is 5.06. The van der Waals surface area contributed by atoms with Gasteiger partial charge in [-0.3, -0.25) is 9.69 Å². The zero-order valence-electron chi connectivity index (χ0n) is 12.9. The molecule has 3 rings (SSSR count). The average Bonchev–Trinajstić information content (AvgIpc) is 3.20. The highest BCUT2D eigenvalue weighted by molar-refractivity contribution is 7.10. The van der Waals surface area contributed by atoms with Crippen molar-refractivity contribution in [2.45, 2.75) is 38.8 Å². The molecular formula is C17H22N2OS2. The summed E-state index contributed by atoms with van der Waals surface area (Å²) in [7, 11) is 0. The highest BCUT2D eigenvalue weighted by Gasteiger charge is 2.21. The van der Waals surface area contributed by atoms with Gasteiger partial charge >= 0.3 is 0 Å². The van der Waals surface area contributed by atoms with Crippen LogP contribution < -0.4 is 5.32 Å². The van der Waals surface area contributed by atoms with E-state index < -0.39 is 0 Å². The molecule has 1 aliphatic heterocycles. The number of nitrogens with zero attached hydrogens (tertiary/aromatic N) is 1. The van der Waals surface area contributed by atoms with Gasteiger partial charge in [0.15, 0.2) is 0 Å². The van der Waals surface area contributed by atoms with E-state index in [9.17, 15) is 4.79 Å². The van der Waals surface area contributed by atoms with E-state index in [1.807, 2.05) is 17.4 Å². The molecule has 118 valence electrons. The maximum Gasteiger partial charge on any atom is 0.220 e. The van der Waals surface area contributed by atoms with E-state index in [1.165, 1.54) is 15.3 Å². The van der Waals surface area contributed by atoms with Crippen LogP contribution in [-0.4, -0.2) is 29.9 Å². The van der Waals surface area contributed by atoms with Gasteiger partial charge in [0.05, 0.1) is 0 Å². The summed E-state index contributed by atoms with van der Waals surface area (Å²) < 4.78 is 0. The highest BCUT2D eigenvalue weighted by Crippen LogP contribution is 2.24. The van der Waals surface area contributed by atoms with E-state index in [0.717, 1.165) is 32.5 Å². The van der Waals surface area contributed by atoms with Crippen molar-refractivity contribution in [3.8, 4) is 0 Å². The second-order valence-electron chi connectivity index (χ2n) is 5.82. The fourth-order valence-corrected chi connectivity index (χ4v) is 4.42. The molecular weight excluding hydrogens is 312 g/mol. The lowest BCUT2D eigenvalue weighted by Crippen LogP contribution is -2.44. The normalized spacial score (nSPS) is 16.2. The van der Waals surface area contributed by atoms with Crippen molar-refractivity contribution < 1.29 is 4.79 Å². The summed E-state index contributed by atoms with van der Waals surface area (Å²) >= 11 is 3.59. The second kappa shape index (κ2) is 7.40. The zero-order valence-corrected chi connectivity index (χ0v) is 14.5. The number of nitrogens with one attached hydrogen (secondary N) is 1. The van der Waals surface area contributed by atoms with Crippen molar-refractivity contribution in [3.63, 3.8) is 0 Å². The van der Waals surface area contributed by atoms with Crippen molar-refractivity contribution in [3.05, 3.63) is 44.3 Å². The number of thiophene rings is 2. The summed E-state index contributed by atoms with van der Waals surface area (Å²) in [4.78, 5) is 17.2. The van der Waals surface area contributed by atoms with Gasteiger partial charge in [-0.05, 0) is 48.2 Å². The lowest BCUT2D eigenvalue weighted by molar-refractivity contribution is -0.121. The molecule has 5 heteroatoms. The van der Waals surface area contributed by atoms with Crippen LogP contribution in [-0.2, 0) is 24.2 Å². The summed E-state index contributed by atoms with van der Waals surface area (Å²) in [5, 5.41) is 7.33. The van der Waals surface area contributed by atoms with E-state index in [0.29, 0.717) is 12.5 Å². The Morgan fingerprint density at radius 1 is 1.36 bits per heavy atom. The van der Waals surface area contributed by atoms with Crippen LogP contribution in [0.1, 0.15) is 28.7 Å². The molecule has 0 aliphatic carbocycles. The van der Waals surface area contributed by atoms with Gasteiger partial charge in [-0.25, -0.2) is 0 Å². The lowest BCUT2D eigenvalue weighted by atomic mass is 10.1. The second-order valence-corrected chi connectivity index (χ2v) is 7.85. The molecule has 1 amide bonds. The van der Waals surface area contributed by atoms with Crippen LogP contribution in [0, 0.1) is 0 Å². The molecule has 2 aromatic rings. The van der Waals surface area contributed by atoms with Gasteiger partial charge in [0.1, 0.15) is 0 Å². The molecule has 3 nitrogen and oxygen atoms in total. The molecule has 0 aromatic carbocycles.